The first-order valence-corrected chi connectivity index (χ1v) is 7.35. The topological polar surface area (TPSA) is 68.1 Å². The molecule has 0 unspecified atom stereocenters. The van der Waals surface area contributed by atoms with Crippen LogP contribution >= 0.6 is 0 Å². The predicted molar refractivity (Wildman–Crippen MR) is 83.5 cm³/mol. The monoisotopic (exact) mass is 285 g/mol. The van der Waals surface area contributed by atoms with E-state index in [1.54, 1.807) is 0 Å². The molecule has 1 aromatic heterocycles. The molecule has 5 nitrogen and oxygen atoms in total. The van der Waals surface area contributed by atoms with Crippen molar-refractivity contribution in [2.24, 2.45) is 5.41 Å². The molecule has 3 rings (SSSR count). The molecule has 1 heterocycles. The maximum Gasteiger partial charge on any atom is 0.311 e. The lowest BCUT2D eigenvalue weighted by molar-refractivity contribution is -0.384. The van der Waals surface area contributed by atoms with Crippen LogP contribution in [0.1, 0.15) is 32.6 Å². The van der Waals surface area contributed by atoms with Crippen molar-refractivity contribution in [2.45, 2.75) is 32.6 Å². The summed E-state index contributed by atoms with van der Waals surface area (Å²) < 4.78 is 0. The standard InChI is InChI=1S/C16H19N3O2/c1-16(8-4-5-9-16)11-18-15-12-6-2-3-7-13(12)17-10-14(15)19(20)21/h2-3,6-7,10H,4-5,8-9,11H2,1H3,(H,17,18). The highest BCUT2D eigenvalue weighted by molar-refractivity contribution is 5.95. The molecule has 1 saturated carbocycles. The van der Waals surface area contributed by atoms with E-state index in [2.05, 4.69) is 17.2 Å². The Morgan fingerprint density at radius 1 is 1.33 bits per heavy atom. The molecule has 0 aliphatic heterocycles. The van der Waals surface area contributed by atoms with Crippen LogP contribution in [0.4, 0.5) is 11.4 Å². The first kappa shape index (κ1) is 13.8. The number of rotatable bonds is 4. The summed E-state index contributed by atoms with van der Waals surface area (Å²) in [6.07, 6.45) is 6.20. The summed E-state index contributed by atoms with van der Waals surface area (Å²) in [6.45, 7) is 3.02. The summed E-state index contributed by atoms with van der Waals surface area (Å²) in [4.78, 5) is 15.1. The van der Waals surface area contributed by atoms with E-state index in [1.165, 1.54) is 31.9 Å². The van der Waals surface area contributed by atoms with Crippen LogP contribution in [0, 0.1) is 15.5 Å². The van der Waals surface area contributed by atoms with Gasteiger partial charge in [-0.2, -0.15) is 0 Å². The zero-order chi connectivity index (χ0) is 14.9. The minimum atomic E-state index is -0.362. The minimum Gasteiger partial charge on any atom is -0.378 e. The Labute approximate surface area is 123 Å². The van der Waals surface area contributed by atoms with E-state index in [0.717, 1.165) is 17.4 Å². The molecular formula is C16H19N3O2. The number of nitrogens with one attached hydrogen (secondary N) is 1. The second kappa shape index (κ2) is 5.31. The summed E-state index contributed by atoms with van der Waals surface area (Å²) in [5.41, 5.74) is 1.66. The van der Waals surface area contributed by atoms with Gasteiger partial charge in [-0.3, -0.25) is 10.1 Å². The smallest absolute Gasteiger partial charge is 0.311 e. The Kier molecular flexibility index (Phi) is 3.49. The molecule has 5 heteroatoms. The summed E-state index contributed by atoms with van der Waals surface area (Å²) >= 11 is 0. The highest BCUT2D eigenvalue weighted by Gasteiger charge is 2.29. The molecule has 1 aliphatic rings. The fraction of sp³-hybridized carbons (Fsp3) is 0.438. The number of hydrogen-bond acceptors (Lipinski definition) is 4. The van der Waals surface area contributed by atoms with Crippen molar-refractivity contribution < 1.29 is 4.92 Å². The molecule has 0 spiro atoms. The third-order valence-corrected chi connectivity index (χ3v) is 4.45. The number of pyridine rings is 1. The van der Waals surface area contributed by atoms with Gasteiger partial charge in [0.25, 0.3) is 0 Å². The molecule has 0 saturated heterocycles. The normalized spacial score (nSPS) is 17.0. The number of nitro groups is 1. The number of fused-ring (bicyclic) bond motifs is 1. The quantitative estimate of drug-likeness (QED) is 0.677. The Bertz CT molecular complexity index is 678. The van der Waals surface area contributed by atoms with Crippen LogP contribution in [-0.4, -0.2) is 16.5 Å². The molecule has 1 aromatic carbocycles. The van der Waals surface area contributed by atoms with E-state index in [-0.39, 0.29) is 16.0 Å². The summed E-state index contributed by atoms with van der Waals surface area (Å²) in [7, 11) is 0. The zero-order valence-corrected chi connectivity index (χ0v) is 12.1. The van der Waals surface area contributed by atoms with Gasteiger partial charge in [-0.1, -0.05) is 38.0 Å². The van der Waals surface area contributed by atoms with Gasteiger partial charge >= 0.3 is 5.69 Å². The first-order chi connectivity index (χ1) is 10.1. The van der Waals surface area contributed by atoms with Crippen LogP contribution in [0.2, 0.25) is 0 Å². The van der Waals surface area contributed by atoms with Gasteiger partial charge in [0.15, 0.2) is 0 Å². The number of aromatic nitrogens is 1. The van der Waals surface area contributed by atoms with Gasteiger partial charge in [-0.05, 0) is 24.3 Å². The van der Waals surface area contributed by atoms with Gasteiger partial charge < -0.3 is 5.32 Å². The summed E-state index contributed by atoms with van der Waals surface area (Å²) in [5.74, 6) is 0. The number of nitrogens with zero attached hydrogens (tertiary/aromatic N) is 2. The average molecular weight is 285 g/mol. The van der Waals surface area contributed by atoms with Crippen molar-refractivity contribution >= 4 is 22.3 Å². The third-order valence-electron chi connectivity index (χ3n) is 4.45. The second-order valence-corrected chi connectivity index (χ2v) is 6.16. The van der Waals surface area contributed by atoms with Crippen molar-refractivity contribution in [3.05, 3.63) is 40.6 Å². The van der Waals surface area contributed by atoms with Crippen LogP contribution in [0.3, 0.4) is 0 Å². The fourth-order valence-electron chi connectivity index (χ4n) is 3.16. The van der Waals surface area contributed by atoms with Gasteiger partial charge in [0.05, 0.1) is 10.4 Å². The van der Waals surface area contributed by atoms with Crippen molar-refractivity contribution in [2.75, 3.05) is 11.9 Å². The lowest BCUT2D eigenvalue weighted by atomic mass is 9.89. The molecule has 110 valence electrons. The number of para-hydroxylation sites is 1. The second-order valence-electron chi connectivity index (χ2n) is 6.16. The molecule has 1 fully saturated rings. The van der Waals surface area contributed by atoms with Crippen molar-refractivity contribution in [1.82, 2.24) is 4.98 Å². The van der Waals surface area contributed by atoms with E-state index < -0.39 is 0 Å². The van der Waals surface area contributed by atoms with Crippen LogP contribution in [0.25, 0.3) is 10.9 Å². The van der Waals surface area contributed by atoms with Crippen molar-refractivity contribution in [1.29, 1.82) is 0 Å². The molecule has 1 N–H and O–H groups in total. The van der Waals surface area contributed by atoms with Gasteiger partial charge in [0, 0.05) is 11.9 Å². The Balaban J connectivity index is 1.98. The first-order valence-electron chi connectivity index (χ1n) is 7.35. The van der Waals surface area contributed by atoms with Gasteiger partial charge in [-0.15, -0.1) is 0 Å². The molecule has 0 radical (unpaired) electrons. The van der Waals surface area contributed by atoms with Crippen molar-refractivity contribution in [3.63, 3.8) is 0 Å². The summed E-state index contributed by atoms with van der Waals surface area (Å²) in [6, 6.07) is 7.54. The van der Waals surface area contributed by atoms with Crippen LogP contribution < -0.4 is 5.32 Å². The molecule has 2 aromatic rings. The molecule has 21 heavy (non-hydrogen) atoms. The third kappa shape index (κ3) is 2.68. The summed E-state index contributed by atoms with van der Waals surface area (Å²) in [5, 5.41) is 15.4. The lowest BCUT2D eigenvalue weighted by Crippen LogP contribution is -2.23. The van der Waals surface area contributed by atoms with Gasteiger partial charge in [0.2, 0.25) is 0 Å². The number of hydrogen-bond donors (Lipinski definition) is 1. The Morgan fingerprint density at radius 2 is 2.05 bits per heavy atom. The Hall–Kier alpha value is -2.17. The molecule has 0 bridgehead atoms. The highest BCUT2D eigenvalue weighted by atomic mass is 16.6. The zero-order valence-electron chi connectivity index (χ0n) is 12.1. The minimum absolute atomic E-state index is 0.0512. The van der Waals surface area contributed by atoms with E-state index in [4.69, 9.17) is 0 Å². The maximum atomic E-state index is 11.3. The van der Waals surface area contributed by atoms with Crippen LogP contribution in [0.15, 0.2) is 30.5 Å². The lowest BCUT2D eigenvalue weighted by Gasteiger charge is -2.24. The van der Waals surface area contributed by atoms with E-state index >= 15 is 0 Å². The van der Waals surface area contributed by atoms with Gasteiger partial charge in [0.1, 0.15) is 11.9 Å². The number of anilines is 1. The molecule has 0 atom stereocenters. The Morgan fingerprint density at radius 3 is 2.76 bits per heavy atom. The molecule has 1 aliphatic carbocycles. The average Bonchev–Trinajstić information content (AvgIpc) is 2.91. The maximum absolute atomic E-state index is 11.3. The molecular weight excluding hydrogens is 266 g/mol. The number of benzene rings is 1. The van der Waals surface area contributed by atoms with Crippen molar-refractivity contribution in [3.8, 4) is 0 Å². The highest BCUT2D eigenvalue weighted by Crippen LogP contribution is 2.39. The SMILES string of the molecule is CC1(CNc2c([N+](=O)[O-])cnc3ccccc23)CCCC1. The van der Waals surface area contributed by atoms with Crippen LogP contribution in [0.5, 0.6) is 0 Å². The molecule has 0 amide bonds. The van der Waals surface area contributed by atoms with E-state index in [1.807, 2.05) is 24.3 Å². The van der Waals surface area contributed by atoms with Crippen LogP contribution in [-0.2, 0) is 0 Å². The van der Waals surface area contributed by atoms with E-state index in [0.29, 0.717) is 5.69 Å². The van der Waals surface area contributed by atoms with E-state index in [9.17, 15) is 10.1 Å². The largest absolute Gasteiger partial charge is 0.378 e. The fourth-order valence-corrected chi connectivity index (χ4v) is 3.16. The van der Waals surface area contributed by atoms with Gasteiger partial charge in [-0.25, -0.2) is 4.98 Å². The predicted octanol–water partition coefficient (Wildman–Crippen LogP) is 4.14.